The monoisotopic (exact) mass is 301 g/mol. The molecule has 0 aromatic heterocycles. The first kappa shape index (κ1) is 14.4. The maximum atomic E-state index is 6.32. The number of aryl methyl sites for hydroxylation is 1. The highest BCUT2D eigenvalue weighted by Gasteiger charge is 2.20. The maximum absolute atomic E-state index is 6.32. The first-order valence-electron chi connectivity index (χ1n) is 7.34. The van der Waals surface area contributed by atoms with Gasteiger partial charge in [-0.15, -0.1) is 0 Å². The van der Waals surface area contributed by atoms with Gasteiger partial charge in [0, 0.05) is 17.6 Å². The van der Waals surface area contributed by atoms with Crippen molar-refractivity contribution < 1.29 is 4.74 Å². The number of hydrogen-bond acceptors (Lipinski definition) is 2. The molecule has 3 heteroatoms. The van der Waals surface area contributed by atoms with Crippen LogP contribution in [0, 0.1) is 6.92 Å². The van der Waals surface area contributed by atoms with Crippen molar-refractivity contribution in [2.45, 2.75) is 32.4 Å². The van der Waals surface area contributed by atoms with Crippen molar-refractivity contribution in [3.8, 4) is 16.9 Å². The van der Waals surface area contributed by atoms with Gasteiger partial charge in [0.25, 0.3) is 0 Å². The molecule has 0 aliphatic heterocycles. The highest BCUT2D eigenvalue weighted by Crippen LogP contribution is 2.30. The third-order valence-electron chi connectivity index (χ3n) is 3.95. The van der Waals surface area contributed by atoms with E-state index in [0.29, 0.717) is 6.04 Å². The summed E-state index contributed by atoms with van der Waals surface area (Å²) in [5, 5.41) is 4.35. The zero-order chi connectivity index (χ0) is 14.8. The molecule has 0 bridgehead atoms. The number of hydrogen-bond donors (Lipinski definition) is 1. The number of nitrogens with one attached hydrogen (secondary N) is 1. The molecule has 2 aromatic rings. The van der Waals surface area contributed by atoms with Gasteiger partial charge >= 0.3 is 0 Å². The Hall–Kier alpha value is -1.51. The predicted octanol–water partition coefficient (Wildman–Crippen LogP) is 4.58. The van der Waals surface area contributed by atoms with Crippen molar-refractivity contribution in [2.75, 3.05) is 7.11 Å². The number of ether oxygens (including phenoxy) is 1. The third-order valence-corrected chi connectivity index (χ3v) is 4.32. The van der Waals surface area contributed by atoms with Gasteiger partial charge in [-0.2, -0.15) is 0 Å². The van der Waals surface area contributed by atoms with E-state index in [1.807, 2.05) is 12.1 Å². The molecule has 0 saturated heterocycles. The summed E-state index contributed by atoms with van der Waals surface area (Å²) in [5.74, 6) is 0.890. The largest absolute Gasteiger partial charge is 0.497 e. The van der Waals surface area contributed by atoms with E-state index < -0.39 is 0 Å². The van der Waals surface area contributed by atoms with Crippen LogP contribution in [-0.2, 0) is 6.54 Å². The molecule has 2 aromatic carbocycles. The molecule has 1 fully saturated rings. The fraction of sp³-hybridized carbons (Fsp3) is 0.333. The molecular formula is C18H20ClNO. The fourth-order valence-corrected chi connectivity index (χ4v) is 2.69. The van der Waals surface area contributed by atoms with E-state index in [1.54, 1.807) is 7.11 Å². The number of rotatable bonds is 5. The molecular weight excluding hydrogens is 282 g/mol. The van der Waals surface area contributed by atoms with Crippen molar-refractivity contribution in [1.29, 1.82) is 0 Å². The van der Waals surface area contributed by atoms with Crippen molar-refractivity contribution in [1.82, 2.24) is 5.32 Å². The Kier molecular flexibility index (Phi) is 4.18. The molecule has 0 amide bonds. The Labute approximate surface area is 131 Å². The predicted molar refractivity (Wildman–Crippen MR) is 88.0 cm³/mol. The van der Waals surface area contributed by atoms with Crippen LogP contribution in [0.15, 0.2) is 36.4 Å². The van der Waals surface area contributed by atoms with Crippen molar-refractivity contribution in [3.05, 3.63) is 52.5 Å². The molecule has 1 aliphatic carbocycles. The smallest absolute Gasteiger partial charge is 0.119 e. The van der Waals surface area contributed by atoms with E-state index >= 15 is 0 Å². The van der Waals surface area contributed by atoms with Crippen LogP contribution in [0.25, 0.3) is 11.1 Å². The van der Waals surface area contributed by atoms with Crippen LogP contribution in [0.3, 0.4) is 0 Å². The highest BCUT2D eigenvalue weighted by molar-refractivity contribution is 6.31. The Morgan fingerprint density at radius 1 is 1.19 bits per heavy atom. The van der Waals surface area contributed by atoms with E-state index in [4.69, 9.17) is 16.3 Å². The van der Waals surface area contributed by atoms with Crippen LogP contribution in [-0.4, -0.2) is 13.2 Å². The van der Waals surface area contributed by atoms with Crippen molar-refractivity contribution >= 4 is 11.6 Å². The van der Waals surface area contributed by atoms with E-state index in [1.165, 1.54) is 29.5 Å². The number of halogens is 1. The lowest BCUT2D eigenvalue weighted by molar-refractivity contribution is 0.414. The summed E-state index contributed by atoms with van der Waals surface area (Å²) in [6, 6.07) is 13.1. The summed E-state index contributed by atoms with van der Waals surface area (Å²) >= 11 is 6.32. The topological polar surface area (TPSA) is 21.3 Å². The normalized spacial score (nSPS) is 14.2. The highest BCUT2D eigenvalue weighted by atomic mass is 35.5. The van der Waals surface area contributed by atoms with Gasteiger partial charge in [-0.05, 0) is 66.3 Å². The Balaban J connectivity index is 1.88. The van der Waals surface area contributed by atoms with Gasteiger partial charge in [0.1, 0.15) is 5.75 Å². The average Bonchev–Trinajstić information content (AvgIpc) is 3.31. The van der Waals surface area contributed by atoms with E-state index in [9.17, 15) is 0 Å². The Bertz CT molecular complexity index is 650. The summed E-state index contributed by atoms with van der Waals surface area (Å²) in [6.07, 6.45) is 2.57. The molecule has 0 atom stereocenters. The molecule has 1 aliphatic rings. The summed E-state index contributed by atoms with van der Waals surface area (Å²) in [6.45, 7) is 2.95. The molecule has 3 rings (SSSR count). The van der Waals surface area contributed by atoms with Crippen LogP contribution in [0.4, 0.5) is 0 Å². The number of benzene rings is 2. The van der Waals surface area contributed by atoms with Gasteiger partial charge in [0.15, 0.2) is 0 Å². The molecule has 0 spiro atoms. The third kappa shape index (κ3) is 3.39. The molecule has 2 nitrogen and oxygen atoms in total. The second-order valence-electron chi connectivity index (χ2n) is 5.64. The summed E-state index contributed by atoms with van der Waals surface area (Å²) in [5.41, 5.74) is 4.79. The second kappa shape index (κ2) is 6.08. The average molecular weight is 302 g/mol. The van der Waals surface area contributed by atoms with Gasteiger partial charge in [-0.1, -0.05) is 23.7 Å². The first-order valence-corrected chi connectivity index (χ1v) is 7.72. The molecule has 1 saturated carbocycles. The van der Waals surface area contributed by atoms with Crippen LogP contribution < -0.4 is 10.1 Å². The van der Waals surface area contributed by atoms with Gasteiger partial charge in [0.05, 0.1) is 7.11 Å². The van der Waals surface area contributed by atoms with Crippen molar-refractivity contribution in [2.24, 2.45) is 0 Å². The molecule has 21 heavy (non-hydrogen) atoms. The molecule has 0 radical (unpaired) electrons. The molecule has 1 N–H and O–H groups in total. The Morgan fingerprint density at radius 2 is 2.00 bits per heavy atom. The zero-order valence-corrected chi connectivity index (χ0v) is 13.2. The number of methoxy groups -OCH3 is 1. The first-order chi connectivity index (χ1) is 10.2. The lowest BCUT2D eigenvalue weighted by atomic mass is 9.98. The zero-order valence-electron chi connectivity index (χ0n) is 12.4. The van der Waals surface area contributed by atoms with E-state index in [0.717, 1.165) is 22.9 Å². The van der Waals surface area contributed by atoms with Crippen LogP contribution in [0.5, 0.6) is 5.75 Å². The fourth-order valence-electron chi connectivity index (χ4n) is 2.51. The van der Waals surface area contributed by atoms with E-state index in [-0.39, 0.29) is 0 Å². The van der Waals surface area contributed by atoms with Crippen LogP contribution in [0.2, 0.25) is 5.02 Å². The SMILES string of the molecule is COc1ccc(-c2ccc(Cl)c(CNC3CC3)c2)c(C)c1. The maximum Gasteiger partial charge on any atom is 0.119 e. The van der Waals surface area contributed by atoms with Crippen LogP contribution >= 0.6 is 11.6 Å². The minimum atomic E-state index is 0.687. The molecule has 0 heterocycles. The minimum absolute atomic E-state index is 0.687. The van der Waals surface area contributed by atoms with Gasteiger partial charge in [-0.3, -0.25) is 0 Å². The Morgan fingerprint density at radius 3 is 2.67 bits per heavy atom. The standard InChI is InChI=1S/C18H20ClNO/c1-12-9-16(21-2)6-7-17(12)13-3-8-18(19)14(10-13)11-20-15-4-5-15/h3,6-10,15,20H,4-5,11H2,1-2H3. The molecule has 0 unspecified atom stereocenters. The van der Waals surface area contributed by atoms with E-state index in [2.05, 4.69) is 36.5 Å². The van der Waals surface area contributed by atoms with Crippen LogP contribution in [0.1, 0.15) is 24.0 Å². The second-order valence-corrected chi connectivity index (χ2v) is 6.05. The summed E-state index contributed by atoms with van der Waals surface area (Å²) < 4.78 is 5.27. The van der Waals surface area contributed by atoms with Gasteiger partial charge < -0.3 is 10.1 Å². The van der Waals surface area contributed by atoms with Crippen molar-refractivity contribution in [3.63, 3.8) is 0 Å². The summed E-state index contributed by atoms with van der Waals surface area (Å²) in [4.78, 5) is 0. The minimum Gasteiger partial charge on any atom is -0.497 e. The van der Waals surface area contributed by atoms with Gasteiger partial charge in [0.2, 0.25) is 0 Å². The van der Waals surface area contributed by atoms with Gasteiger partial charge in [-0.25, -0.2) is 0 Å². The summed E-state index contributed by atoms with van der Waals surface area (Å²) in [7, 11) is 1.69. The quantitative estimate of drug-likeness (QED) is 0.873. The molecule has 110 valence electrons. The lowest BCUT2D eigenvalue weighted by Crippen LogP contribution is -2.15. The lowest BCUT2D eigenvalue weighted by Gasteiger charge is -2.12.